The molecular formula is C33H60O4. The van der Waals surface area contributed by atoms with Crippen LogP contribution >= 0.6 is 0 Å². The first-order chi connectivity index (χ1) is 18.1. The molecule has 0 aromatic rings. The number of carbonyl (C=O) groups excluding carboxylic acids is 1. The molecule has 0 spiro atoms. The van der Waals surface area contributed by atoms with Gasteiger partial charge < -0.3 is 14.2 Å². The minimum Gasteiger partial charge on any atom is -0.427 e. The van der Waals surface area contributed by atoms with Crippen LogP contribution in [0.1, 0.15) is 175 Å². The van der Waals surface area contributed by atoms with Crippen LogP contribution in [0.2, 0.25) is 0 Å². The highest BCUT2D eigenvalue weighted by atomic mass is 16.8. The van der Waals surface area contributed by atoms with E-state index < -0.39 is 5.79 Å². The van der Waals surface area contributed by atoms with Crippen LogP contribution in [0, 0.1) is 0 Å². The van der Waals surface area contributed by atoms with Crippen molar-refractivity contribution in [2.24, 2.45) is 0 Å². The summed E-state index contributed by atoms with van der Waals surface area (Å²) in [4.78, 5) is 12.4. The van der Waals surface area contributed by atoms with E-state index in [-0.39, 0.29) is 18.4 Å². The number of hydrogen-bond acceptors (Lipinski definition) is 4. The lowest BCUT2D eigenvalue weighted by molar-refractivity contribution is -0.206. The van der Waals surface area contributed by atoms with E-state index >= 15 is 0 Å². The van der Waals surface area contributed by atoms with E-state index in [4.69, 9.17) is 14.2 Å². The molecule has 2 heterocycles. The highest BCUT2D eigenvalue weighted by Gasteiger charge is 2.58. The number of allylic oxidation sites excluding steroid dienone is 1. The molecule has 2 fully saturated rings. The SMILES string of the molecule is CCCCCCCCCCCCCC=C1C(=O)O[C@@]2(C)O[C@H](CCCCCCCCCCCCC)O[C@@H]12. The van der Waals surface area contributed by atoms with Crippen LogP contribution in [-0.2, 0) is 19.0 Å². The number of ether oxygens (including phenoxy) is 3. The Morgan fingerprint density at radius 3 is 1.57 bits per heavy atom. The first-order valence-electron chi connectivity index (χ1n) is 16.4. The lowest BCUT2D eigenvalue weighted by Crippen LogP contribution is -2.33. The highest BCUT2D eigenvalue weighted by Crippen LogP contribution is 2.42. The molecule has 216 valence electrons. The van der Waals surface area contributed by atoms with Crippen LogP contribution in [0.3, 0.4) is 0 Å². The molecule has 4 heteroatoms. The molecule has 2 aliphatic rings. The Balaban J connectivity index is 1.51. The highest BCUT2D eigenvalue weighted by molar-refractivity contribution is 5.92. The Morgan fingerprint density at radius 1 is 0.649 bits per heavy atom. The molecule has 2 rings (SSSR count). The van der Waals surface area contributed by atoms with Crippen molar-refractivity contribution in [1.82, 2.24) is 0 Å². The molecule has 0 aromatic carbocycles. The monoisotopic (exact) mass is 520 g/mol. The summed E-state index contributed by atoms with van der Waals surface area (Å²) in [6, 6.07) is 0. The number of unbranched alkanes of at least 4 members (excludes halogenated alkanes) is 21. The zero-order chi connectivity index (χ0) is 26.6. The van der Waals surface area contributed by atoms with Gasteiger partial charge in [-0.25, -0.2) is 4.79 Å². The van der Waals surface area contributed by atoms with Crippen molar-refractivity contribution >= 4 is 5.97 Å². The Kier molecular flexibility index (Phi) is 17.6. The minimum absolute atomic E-state index is 0.257. The van der Waals surface area contributed by atoms with E-state index in [2.05, 4.69) is 19.9 Å². The molecule has 3 atom stereocenters. The average Bonchev–Trinajstić information content (AvgIpc) is 3.31. The van der Waals surface area contributed by atoms with Crippen LogP contribution in [-0.4, -0.2) is 24.2 Å². The predicted octanol–water partition coefficient (Wildman–Crippen LogP) is 10.3. The third kappa shape index (κ3) is 13.2. The summed E-state index contributed by atoms with van der Waals surface area (Å²) in [6.45, 7) is 6.41. The van der Waals surface area contributed by atoms with Gasteiger partial charge in [-0.15, -0.1) is 0 Å². The summed E-state index contributed by atoms with van der Waals surface area (Å²) in [5, 5.41) is 0. The smallest absolute Gasteiger partial charge is 0.339 e. The normalized spacial score (nSPS) is 24.2. The van der Waals surface area contributed by atoms with Crippen LogP contribution < -0.4 is 0 Å². The Hall–Kier alpha value is -0.870. The quantitative estimate of drug-likeness (QED) is 0.0721. The number of rotatable bonds is 24. The third-order valence-electron chi connectivity index (χ3n) is 8.16. The van der Waals surface area contributed by atoms with Crippen molar-refractivity contribution in [3.05, 3.63) is 11.6 Å². The fraction of sp³-hybridized carbons (Fsp3) is 0.909. The van der Waals surface area contributed by atoms with Gasteiger partial charge >= 0.3 is 5.97 Å². The van der Waals surface area contributed by atoms with Crippen molar-refractivity contribution in [2.45, 2.75) is 193 Å². The predicted molar refractivity (Wildman–Crippen MR) is 154 cm³/mol. The summed E-state index contributed by atoms with van der Waals surface area (Å²) >= 11 is 0. The van der Waals surface area contributed by atoms with Gasteiger partial charge in [-0.2, -0.15) is 0 Å². The molecule has 0 amide bonds. The number of esters is 1. The molecule has 0 saturated carbocycles. The van der Waals surface area contributed by atoms with Crippen LogP contribution in [0.4, 0.5) is 0 Å². The topological polar surface area (TPSA) is 44.8 Å². The summed E-state index contributed by atoms with van der Waals surface area (Å²) in [6.07, 6.45) is 32.5. The lowest BCUT2D eigenvalue weighted by Gasteiger charge is -2.19. The van der Waals surface area contributed by atoms with Gasteiger partial charge in [0.15, 0.2) is 12.4 Å². The van der Waals surface area contributed by atoms with Crippen molar-refractivity contribution < 1.29 is 19.0 Å². The lowest BCUT2D eigenvalue weighted by atomic mass is 10.0. The van der Waals surface area contributed by atoms with Gasteiger partial charge in [-0.1, -0.05) is 148 Å². The van der Waals surface area contributed by atoms with E-state index in [1.807, 2.05) is 6.92 Å². The van der Waals surface area contributed by atoms with E-state index in [1.54, 1.807) is 0 Å². The average molecular weight is 521 g/mol. The van der Waals surface area contributed by atoms with Gasteiger partial charge in [0.05, 0.1) is 5.57 Å². The van der Waals surface area contributed by atoms with Gasteiger partial charge in [0.1, 0.15) is 0 Å². The largest absolute Gasteiger partial charge is 0.427 e. The second kappa shape index (κ2) is 20.1. The molecule has 0 N–H and O–H groups in total. The van der Waals surface area contributed by atoms with E-state index in [1.165, 1.54) is 128 Å². The van der Waals surface area contributed by atoms with Crippen LogP contribution in [0.5, 0.6) is 0 Å². The summed E-state index contributed by atoms with van der Waals surface area (Å²) < 4.78 is 17.9. The van der Waals surface area contributed by atoms with Gasteiger partial charge in [0.2, 0.25) is 5.79 Å². The molecule has 0 aromatic heterocycles. The van der Waals surface area contributed by atoms with Crippen LogP contribution in [0.15, 0.2) is 11.6 Å². The molecule has 0 aliphatic carbocycles. The maximum atomic E-state index is 12.4. The van der Waals surface area contributed by atoms with E-state index in [9.17, 15) is 4.79 Å². The van der Waals surface area contributed by atoms with Gasteiger partial charge in [0.25, 0.3) is 0 Å². The maximum Gasteiger partial charge on any atom is 0.339 e. The number of fused-ring (bicyclic) bond motifs is 1. The first-order valence-corrected chi connectivity index (χ1v) is 16.4. The summed E-state index contributed by atoms with van der Waals surface area (Å²) in [5.74, 6) is -1.20. The number of carbonyl (C=O) groups is 1. The Bertz CT molecular complexity index is 615. The Morgan fingerprint density at radius 2 is 1.08 bits per heavy atom. The second-order valence-electron chi connectivity index (χ2n) is 11.8. The van der Waals surface area contributed by atoms with Crippen molar-refractivity contribution in [3.8, 4) is 0 Å². The molecular weight excluding hydrogens is 460 g/mol. The summed E-state index contributed by atoms with van der Waals surface area (Å²) in [7, 11) is 0. The first kappa shape index (κ1) is 32.3. The molecule has 0 radical (unpaired) electrons. The zero-order valence-corrected chi connectivity index (χ0v) is 24.8. The molecule has 2 aliphatic heterocycles. The fourth-order valence-electron chi connectivity index (χ4n) is 5.77. The van der Waals surface area contributed by atoms with Gasteiger partial charge in [0, 0.05) is 6.92 Å². The minimum atomic E-state index is -0.942. The van der Waals surface area contributed by atoms with Gasteiger partial charge in [-0.3, -0.25) is 0 Å². The van der Waals surface area contributed by atoms with Crippen molar-refractivity contribution in [2.75, 3.05) is 0 Å². The van der Waals surface area contributed by atoms with Crippen LogP contribution in [0.25, 0.3) is 0 Å². The van der Waals surface area contributed by atoms with E-state index in [0.29, 0.717) is 5.57 Å². The molecule has 37 heavy (non-hydrogen) atoms. The molecule has 0 unspecified atom stereocenters. The third-order valence-corrected chi connectivity index (χ3v) is 8.16. The standard InChI is InChI=1S/C33H60O4/c1-4-6-8-10-12-14-16-18-19-21-23-25-27-29-31-33(3,37-32(29)34)36-30(35-31)28-26-24-22-20-17-15-13-11-9-7-5-2/h27,30-31H,4-26,28H2,1-3H3/t30-,31+,33-/m1/s1. The van der Waals surface area contributed by atoms with E-state index in [0.717, 1.165) is 25.7 Å². The Labute approximate surface area is 229 Å². The van der Waals surface area contributed by atoms with Gasteiger partial charge in [-0.05, 0) is 25.7 Å². The number of hydrogen-bond donors (Lipinski definition) is 0. The maximum absolute atomic E-state index is 12.4. The summed E-state index contributed by atoms with van der Waals surface area (Å²) in [5.41, 5.74) is 0.677. The fourth-order valence-corrected chi connectivity index (χ4v) is 5.77. The second-order valence-corrected chi connectivity index (χ2v) is 11.8. The van der Waals surface area contributed by atoms with Crippen molar-refractivity contribution in [3.63, 3.8) is 0 Å². The zero-order valence-electron chi connectivity index (χ0n) is 24.8. The van der Waals surface area contributed by atoms with Crippen molar-refractivity contribution in [1.29, 1.82) is 0 Å². The molecule has 4 nitrogen and oxygen atoms in total. The molecule has 0 bridgehead atoms. The molecule has 2 saturated heterocycles.